The number of carbonyl (C=O) groups is 1. The quantitative estimate of drug-likeness (QED) is 0.428. The molecule has 0 saturated carbocycles. The first kappa shape index (κ1) is 22.1. The van der Waals surface area contributed by atoms with Crippen LogP contribution < -0.4 is 9.93 Å². The van der Waals surface area contributed by atoms with E-state index in [-0.39, 0.29) is 6.61 Å². The molecule has 0 spiro atoms. The Bertz CT molecular complexity index is 1390. The fourth-order valence-corrected chi connectivity index (χ4v) is 5.16. The molecule has 2 aromatic carbocycles. The highest BCUT2D eigenvalue weighted by atomic mass is 32.2. The third-order valence-electron chi connectivity index (χ3n) is 5.77. The number of rotatable bonds is 5. The second kappa shape index (κ2) is 8.09. The van der Waals surface area contributed by atoms with E-state index in [0.717, 1.165) is 28.3 Å². The predicted octanol–water partition coefficient (Wildman–Crippen LogP) is 3.90. The Hall–Kier alpha value is -3.13. The Morgan fingerprint density at radius 3 is 2.62 bits per heavy atom. The van der Waals surface area contributed by atoms with E-state index in [9.17, 15) is 18.0 Å². The topological polar surface area (TPSA) is 93.9 Å². The molecule has 7 nitrogen and oxygen atoms in total. The number of sulfonamides is 1. The Morgan fingerprint density at radius 2 is 1.94 bits per heavy atom. The van der Waals surface area contributed by atoms with E-state index < -0.39 is 21.6 Å². The van der Waals surface area contributed by atoms with Crippen molar-refractivity contribution < 1.29 is 22.4 Å². The first-order chi connectivity index (χ1) is 15.0. The maximum absolute atomic E-state index is 12.7. The molecular formula is C24H25NO6S. The van der Waals surface area contributed by atoms with Crippen LogP contribution >= 0.6 is 0 Å². The molecule has 0 fully saturated rings. The van der Waals surface area contributed by atoms with Gasteiger partial charge in [-0.1, -0.05) is 13.8 Å². The van der Waals surface area contributed by atoms with E-state index in [2.05, 4.69) is 13.8 Å². The van der Waals surface area contributed by atoms with Crippen molar-refractivity contribution in [2.24, 2.45) is 0 Å². The maximum atomic E-state index is 12.7. The summed E-state index contributed by atoms with van der Waals surface area (Å²) in [5.74, 6) is -0.247. The van der Waals surface area contributed by atoms with Crippen LogP contribution in [0.25, 0.3) is 11.0 Å². The van der Waals surface area contributed by atoms with Crippen LogP contribution in [0.5, 0.6) is 0 Å². The van der Waals surface area contributed by atoms with Crippen molar-refractivity contribution in [1.29, 1.82) is 0 Å². The molecular weight excluding hydrogens is 430 g/mol. The minimum Gasteiger partial charge on any atom is -0.457 e. The van der Waals surface area contributed by atoms with E-state index in [0.29, 0.717) is 41.3 Å². The molecule has 0 bridgehead atoms. The first-order valence-corrected chi connectivity index (χ1v) is 12.2. The summed E-state index contributed by atoms with van der Waals surface area (Å²) < 4.78 is 36.0. The largest absolute Gasteiger partial charge is 0.457 e. The summed E-state index contributed by atoms with van der Waals surface area (Å²) >= 11 is 0. The van der Waals surface area contributed by atoms with Gasteiger partial charge in [0.2, 0.25) is 10.0 Å². The molecule has 0 aliphatic carbocycles. The summed E-state index contributed by atoms with van der Waals surface area (Å²) in [5, 5.41) is 0.740. The summed E-state index contributed by atoms with van der Waals surface area (Å²) in [5.41, 5.74) is 4.42. The van der Waals surface area contributed by atoms with Crippen molar-refractivity contribution in [3.63, 3.8) is 0 Å². The summed E-state index contributed by atoms with van der Waals surface area (Å²) in [6.07, 6.45) is 1.70. The number of hydrogen-bond donors (Lipinski definition) is 0. The number of ether oxygens (including phenoxy) is 1. The number of anilines is 1. The van der Waals surface area contributed by atoms with Gasteiger partial charge in [-0.15, -0.1) is 0 Å². The smallest absolute Gasteiger partial charge is 0.338 e. The molecule has 0 radical (unpaired) electrons. The third-order valence-corrected chi connectivity index (χ3v) is 6.95. The third kappa shape index (κ3) is 4.14. The lowest BCUT2D eigenvalue weighted by atomic mass is 9.95. The van der Waals surface area contributed by atoms with Gasteiger partial charge in [0.05, 0.1) is 17.5 Å². The average Bonchev–Trinajstić information content (AvgIpc) is 3.14. The van der Waals surface area contributed by atoms with Gasteiger partial charge in [-0.3, -0.25) is 4.31 Å². The molecule has 2 heterocycles. The van der Waals surface area contributed by atoms with Crippen molar-refractivity contribution in [1.82, 2.24) is 0 Å². The number of carbonyl (C=O) groups excluding carboxylic acids is 1. The van der Waals surface area contributed by atoms with Gasteiger partial charge in [0.25, 0.3) is 0 Å². The van der Waals surface area contributed by atoms with Crippen molar-refractivity contribution in [3.8, 4) is 0 Å². The highest BCUT2D eigenvalue weighted by Gasteiger charge is 2.27. The molecule has 0 N–H and O–H groups in total. The van der Waals surface area contributed by atoms with Crippen LogP contribution in [-0.4, -0.2) is 27.2 Å². The molecule has 1 aliphatic rings. The zero-order chi connectivity index (χ0) is 23.2. The van der Waals surface area contributed by atoms with E-state index in [4.69, 9.17) is 9.15 Å². The standard InChI is InChI=1S/C24H25NO6S/c1-14(2)19-12-20-18(11-23(26)31-22(20)9-15(19)3)13-30-24(27)17-5-6-21-16(10-17)7-8-25(21)32(4,28)29/h5-6,9-12,14H,7-8,13H2,1-4H3. The molecule has 168 valence electrons. The highest BCUT2D eigenvalue weighted by molar-refractivity contribution is 7.92. The number of nitrogens with zero attached hydrogens (tertiary/aromatic N) is 1. The Kier molecular flexibility index (Phi) is 5.58. The molecule has 1 aromatic heterocycles. The van der Waals surface area contributed by atoms with E-state index in [1.165, 1.54) is 10.4 Å². The summed E-state index contributed by atoms with van der Waals surface area (Å²) in [4.78, 5) is 24.7. The SMILES string of the molecule is Cc1cc2oc(=O)cc(COC(=O)c3ccc4c(c3)CCN4S(C)(=O)=O)c2cc1C(C)C. The number of hydrogen-bond acceptors (Lipinski definition) is 6. The van der Waals surface area contributed by atoms with Crippen molar-refractivity contribution >= 4 is 32.6 Å². The van der Waals surface area contributed by atoms with Gasteiger partial charge in [-0.05, 0) is 66.3 Å². The summed E-state index contributed by atoms with van der Waals surface area (Å²) in [6.45, 7) is 6.43. The second-order valence-electron chi connectivity index (χ2n) is 8.46. The van der Waals surface area contributed by atoms with Crippen LogP contribution in [0.2, 0.25) is 0 Å². The number of fused-ring (bicyclic) bond motifs is 2. The number of esters is 1. The predicted molar refractivity (Wildman–Crippen MR) is 123 cm³/mol. The van der Waals surface area contributed by atoms with Gasteiger partial charge >= 0.3 is 11.6 Å². The maximum Gasteiger partial charge on any atom is 0.338 e. The monoisotopic (exact) mass is 455 g/mol. The van der Waals surface area contributed by atoms with Crippen molar-refractivity contribution in [3.05, 3.63) is 74.6 Å². The second-order valence-corrected chi connectivity index (χ2v) is 10.4. The van der Waals surface area contributed by atoms with E-state index in [1.54, 1.807) is 18.2 Å². The summed E-state index contributed by atoms with van der Waals surface area (Å²) in [6, 6.07) is 10.0. The average molecular weight is 456 g/mol. The van der Waals surface area contributed by atoms with Gasteiger partial charge in [-0.25, -0.2) is 18.0 Å². The van der Waals surface area contributed by atoms with E-state index >= 15 is 0 Å². The molecule has 0 amide bonds. The van der Waals surface area contributed by atoms with Crippen molar-refractivity contribution in [2.75, 3.05) is 17.1 Å². The molecule has 3 aromatic rings. The molecule has 1 aliphatic heterocycles. The zero-order valence-corrected chi connectivity index (χ0v) is 19.3. The van der Waals surface area contributed by atoms with Crippen molar-refractivity contribution in [2.45, 2.75) is 39.7 Å². The molecule has 8 heteroatoms. The Morgan fingerprint density at radius 1 is 1.19 bits per heavy atom. The van der Waals surface area contributed by atoms with Crippen LogP contribution in [0.1, 0.15) is 52.4 Å². The normalized spacial score (nSPS) is 13.6. The Labute approximate surface area is 186 Å². The van der Waals surface area contributed by atoms with Crippen LogP contribution in [0.3, 0.4) is 0 Å². The van der Waals surface area contributed by atoms with Crippen LogP contribution in [0, 0.1) is 6.92 Å². The lowest BCUT2D eigenvalue weighted by Crippen LogP contribution is -2.27. The number of benzene rings is 2. The van der Waals surface area contributed by atoms with Crippen LogP contribution in [0.4, 0.5) is 5.69 Å². The zero-order valence-electron chi connectivity index (χ0n) is 18.5. The molecule has 0 atom stereocenters. The van der Waals surface area contributed by atoms with Gasteiger partial charge in [-0.2, -0.15) is 0 Å². The highest BCUT2D eigenvalue weighted by Crippen LogP contribution is 2.31. The minimum absolute atomic E-state index is 0.0753. The minimum atomic E-state index is -3.35. The van der Waals surface area contributed by atoms with E-state index in [1.807, 2.05) is 19.1 Å². The fourth-order valence-electron chi connectivity index (χ4n) is 4.20. The van der Waals surface area contributed by atoms with Crippen LogP contribution in [-0.2, 0) is 27.8 Å². The lowest BCUT2D eigenvalue weighted by molar-refractivity contribution is 0.0473. The molecule has 0 unspecified atom stereocenters. The first-order valence-electron chi connectivity index (χ1n) is 10.4. The van der Waals surface area contributed by atoms with Gasteiger partial charge < -0.3 is 9.15 Å². The molecule has 4 rings (SSSR count). The summed E-state index contributed by atoms with van der Waals surface area (Å²) in [7, 11) is -3.35. The van der Waals surface area contributed by atoms with Gasteiger partial charge in [0.15, 0.2) is 0 Å². The van der Waals surface area contributed by atoms with Gasteiger partial charge in [0.1, 0.15) is 12.2 Å². The van der Waals surface area contributed by atoms with Crippen LogP contribution in [0.15, 0.2) is 45.6 Å². The Balaban J connectivity index is 1.60. The van der Waals surface area contributed by atoms with Gasteiger partial charge in [0, 0.05) is 23.6 Å². The fraction of sp³-hybridized carbons (Fsp3) is 0.333. The molecule has 0 saturated heterocycles. The number of aryl methyl sites for hydroxylation is 1. The molecule has 32 heavy (non-hydrogen) atoms. The lowest BCUT2D eigenvalue weighted by Gasteiger charge is -2.16.